The van der Waals surface area contributed by atoms with Crippen LogP contribution in [-0.2, 0) is 21.4 Å². The van der Waals surface area contributed by atoms with Crippen LogP contribution >= 0.6 is 11.6 Å². The topological polar surface area (TPSA) is 77.0 Å². The van der Waals surface area contributed by atoms with Crippen molar-refractivity contribution in [3.8, 4) is 11.5 Å². The van der Waals surface area contributed by atoms with Crippen LogP contribution in [0.5, 0.6) is 11.5 Å². The standard InChI is InChI=1S/C27H32ClNO5/c1-17(15-30)10-19-11-18-12-23-24(34-16-33-23)14-22(18)26(19)6-8-27(9-7-26,25(31)32-2)29-21-5-3-4-20(28)13-21/h3-5,12-14,17,19,29-30H,6-11,15-16H2,1-2H3/t17-,19+,26?,27?/m1/s1/i3D,4D,5D,13D. The Labute approximate surface area is 211 Å². The van der Waals surface area contributed by atoms with Crippen molar-refractivity contribution >= 4 is 23.3 Å². The summed E-state index contributed by atoms with van der Waals surface area (Å²) >= 11 is 6.14. The van der Waals surface area contributed by atoms with Gasteiger partial charge in [-0.2, -0.15) is 0 Å². The maximum Gasteiger partial charge on any atom is 0.331 e. The number of carbonyl (C=O) groups excluding carboxylic acids is 1. The summed E-state index contributed by atoms with van der Waals surface area (Å²) in [6.07, 6.45) is 3.65. The van der Waals surface area contributed by atoms with Gasteiger partial charge >= 0.3 is 5.97 Å². The highest BCUT2D eigenvalue weighted by atomic mass is 35.5. The van der Waals surface area contributed by atoms with Gasteiger partial charge in [0.15, 0.2) is 11.5 Å². The maximum atomic E-state index is 13.3. The van der Waals surface area contributed by atoms with Crippen LogP contribution < -0.4 is 14.8 Å². The number of nitrogens with one attached hydrogen (secondary N) is 1. The molecule has 1 saturated carbocycles. The molecule has 3 aliphatic rings. The van der Waals surface area contributed by atoms with Gasteiger partial charge < -0.3 is 24.6 Å². The Morgan fingerprint density at radius 1 is 1.29 bits per heavy atom. The molecule has 2 atom stereocenters. The van der Waals surface area contributed by atoms with Crippen molar-refractivity contribution in [2.45, 2.75) is 56.4 Å². The summed E-state index contributed by atoms with van der Waals surface area (Å²) in [6, 6.07) is 2.71. The van der Waals surface area contributed by atoms with Crippen molar-refractivity contribution in [2.24, 2.45) is 11.8 Å². The number of anilines is 1. The summed E-state index contributed by atoms with van der Waals surface area (Å²) < 4.78 is 49.3. The van der Waals surface area contributed by atoms with Crippen molar-refractivity contribution in [2.75, 3.05) is 25.8 Å². The van der Waals surface area contributed by atoms with Crippen LogP contribution in [0.1, 0.15) is 55.6 Å². The van der Waals surface area contributed by atoms with Crippen LogP contribution in [-0.4, -0.2) is 37.1 Å². The molecule has 5 rings (SSSR count). The predicted molar refractivity (Wildman–Crippen MR) is 131 cm³/mol. The Balaban J connectivity index is 1.53. The van der Waals surface area contributed by atoms with Crippen LogP contribution in [0.2, 0.25) is 5.02 Å². The maximum absolute atomic E-state index is 13.3. The number of rotatable bonds is 6. The van der Waals surface area contributed by atoms with E-state index in [1.807, 2.05) is 6.92 Å². The summed E-state index contributed by atoms with van der Waals surface area (Å²) in [7, 11) is 1.31. The molecule has 0 radical (unpaired) electrons. The molecule has 1 aliphatic heterocycles. The SMILES string of the molecule is [2H]c1c([2H])c(Cl)c([2H])c(NC2(C(=O)OC)CCC3(CC2)c2cc4c(cc2C[C@@H]3C[C@@H](C)CO)OCO4)c1[2H]. The average molecular weight is 490 g/mol. The van der Waals surface area contributed by atoms with E-state index in [2.05, 4.69) is 17.4 Å². The third-order valence-corrected chi connectivity index (χ3v) is 8.10. The summed E-state index contributed by atoms with van der Waals surface area (Å²) in [6.45, 7) is 2.32. The molecule has 0 saturated heterocycles. The number of ether oxygens (including phenoxy) is 3. The number of aliphatic hydroxyl groups excluding tert-OH is 1. The smallest absolute Gasteiger partial charge is 0.331 e. The van der Waals surface area contributed by atoms with E-state index in [-0.39, 0.29) is 59.5 Å². The highest BCUT2D eigenvalue weighted by Gasteiger charge is 2.54. The van der Waals surface area contributed by atoms with Gasteiger partial charge in [-0.3, -0.25) is 0 Å². The number of hydrogen-bond donors (Lipinski definition) is 2. The van der Waals surface area contributed by atoms with Gasteiger partial charge in [-0.1, -0.05) is 24.6 Å². The summed E-state index contributed by atoms with van der Waals surface area (Å²) in [4.78, 5) is 13.3. The zero-order valence-corrected chi connectivity index (χ0v) is 20.2. The van der Waals surface area contributed by atoms with Crippen molar-refractivity contribution in [3.63, 3.8) is 0 Å². The second-order valence-corrected chi connectivity index (χ2v) is 10.2. The molecular formula is C27H32ClNO5. The van der Waals surface area contributed by atoms with Gasteiger partial charge in [-0.25, -0.2) is 4.79 Å². The summed E-state index contributed by atoms with van der Waals surface area (Å²) in [5, 5.41) is 12.7. The van der Waals surface area contributed by atoms with Crippen molar-refractivity contribution < 1.29 is 29.6 Å². The van der Waals surface area contributed by atoms with Gasteiger partial charge in [0.25, 0.3) is 0 Å². The zero-order valence-electron chi connectivity index (χ0n) is 23.4. The number of hydrogen-bond acceptors (Lipinski definition) is 6. The summed E-state index contributed by atoms with van der Waals surface area (Å²) in [5.41, 5.74) is 0.861. The number of methoxy groups -OCH3 is 1. The Hall–Kier alpha value is -2.44. The fourth-order valence-electron chi connectivity index (χ4n) is 6.16. The van der Waals surface area contributed by atoms with Crippen molar-refractivity contribution in [3.05, 3.63) is 52.5 Å². The Bertz CT molecular complexity index is 1250. The molecule has 2 N–H and O–H groups in total. The van der Waals surface area contributed by atoms with Gasteiger partial charge in [0, 0.05) is 17.3 Å². The molecule has 0 unspecified atom stereocenters. The third-order valence-electron chi connectivity index (χ3n) is 7.91. The highest BCUT2D eigenvalue weighted by molar-refractivity contribution is 6.30. The Kier molecular flexibility index (Phi) is 4.97. The first kappa shape index (κ1) is 18.8. The van der Waals surface area contributed by atoms with Crippen molar-refractivity contribution in [1.82, 2.24) is 0 Å². The lowest BCUT2D eigenvalue weighted by molar-refractivity contribution is -0.148. The molecule has 2 aromatic carbocycles. The number of halogens is 1. The predicted octanol–water partition coefficient (Wildman–Crippen LogP) is 5.10. The van der Waals surface area contributed by atoms with Crippen molar-refractivity contribution in [1.29, 1.82) is 0 Å². The van der Waals surface area contributed by atoms with Crippen LogP contribution in [0.3, 0.4) is 0 Å². The lowest BCUT2D eigenvalue weighted by atomic mass is 9.59. The molecule has 182 valence electrons. The summed E-state index contributed by atoms with van der Waals surface area (Å²) in [5.74, 6) is 1.31. The molecule has 2 aliphatic carbocycles. The van der Waals surface area contributed by atoms with Gasteiger partial charge in [-0.05, 0) is 97.2 Å². The van der Waals surface area contributed by atoms with E-state index in [9.17, 15) is 9.90 Å². The molecule has 0 aromatic heterocycles. The molecular weight excluding hydrogens is 454 g/mol. The first-order valence-corrected chi connectivity index (χ1v) is 12.1. The van der Waals surface area contributed by atoms with E-state index >= 15 is 0 Å². The second-order valence-electron chi connectivity index (χ2n) is 9.83. The molecule has 0 bridgehead atoms. The van der Waals surface area contributed by atoms with E-state index in [0.717, 1.165) is 18.6 Å². The monoisotopic (exact) mass is 489 g/mol. The minimum atomic E-state index is -1.23. The quantitative estimate of drug-likeness (QED) is 0.550. The fourth-order valence-corrected chi connectivity index (χ4v) is 6.31. The van der Waals surface area contributed by atoms with E-state index in [4.69, 9.17) is 31.3 Å². The van der Waals surface area contributed by atoms with E-state index < -0.39 is 17.6 Å². The van der Waals surface area contributed by atoms with Gasteiger partial charge in [-0.15, -0.1) is 0 Å². The number of aliphatic hydroxyl groups is 1. The fraction of sp³-hybridized carbons (Fsp3) is 0.519. The molecule has 0 amide bonds. The average Bonchev–Trinajstić information content (AvgIpc) is 3.50. The minimum absolute atomic E-state index is 0.0435. The van der Waals surface area contributed by atoms with E-state index in [1.165, 1.54) is 18.2 Å². The zero-order chi connectivity index (χ0) is 27.4. The van der Waals surface area contributed by atoms with Crippen LogP contribution in [0, 0.1) is 11.8 Å². The normalized spacial score (nSPS) is 29.6. The van der Waals surface area contributed by atoms with Crippen LogP contribution in [0.25, 0.3) is 0 Å². The first-order valence-electron chi connectivity index (χ1n) is 13.7. The Morgan fingerprint density at radius 2 is 2.03 bits per heavy atom. The van der Waals surface area contributed by atoms with E-state index in [0.29, 0.717) is 31.4 Å². The second kappa shape index (κ2) is 8.97. The number of fused-ring (bicyclic) bond motifs is 3. The van der Waals surface area contributed by atoms with E-state index in [1.54, 1.807) is 0 Å². The molecule has 7 heteroatoms. The van der Waals surface area contributed by atoms with Gasteiger partial charge in [0.2, 0.25) is 6.79 Å². The first-order chi connectivity index (χ1) is 18.1. The van der Waals surface area contributed by atoms with Crippen LogP contribution in [0.15, 0.2) is 36.3 Å². The Morgan fingerprint density at radius 3 is 2.74 bits per heavy atom. The highest BCUT2D eigenvalue weighted by Crippen LogP contribution is 2.58. The molecule has 1 spiro atoms. The lowest BCUT2D eigenvalue weighted by Gasteiger charge is -2.47. The third kappa shape index (κ3) is 3.91. The number of carbonyl (C=O) groups is 1. The minimum Gasteiger partial charge on any atom is -0.467 e. The number of benzene rings is 2. The van der Waals surface area contributed by atoms with Crippen LogP contribution in [0.4, 0.5) is 5.69 Å². The molecule has 34 heavy (non-hydrogen) atoms. The number of esters is 1. The molecule has 1 fully saturated rings. The lowest BCUT2D eigenvalue weighted by Crippen LogP contribution is -2.53. The van der Waals surface area contributed by atoms with Gasteiger partial charge in [0.05, 0.1) is 12.6 Å². The molecule has 2 aromatic rings. The molecule has 1 heterocycles. The largest absolute Gasteiger partial charge is 0.467 e. The van der Waals surface area contributed by atoms with Gasteiger partial charge in [0.1, 0.15) is 5.54 Å². The molecule has 6 nitrogen and oxygen atoms in total.